The van der Waals surface area contributed by atoms with Gasteiger partial charge in [-0.2, -0.15) is 11.8 Å². The average Bonchev–Trinajstić information content (AvgIpc) is 2.97. The summed E-state index contributed by atoms with van der Waals surface area (Å²) in [6.07, 6.45) is 3.46. The number of carbonyl (C=O) groups excluding carboxylic acids is 1. The van der Waals surface area contributed by atoms with Crippen molar-refractivity contribution in [1.82, 2.24) is 14.3 Å². The van der Waals surface area contributed by atoms with Crippen LogP contribution in [0.3, 0.4) is 0 Å². The lowest BCUT2D eigenvalue weighted by atomic mass is 10.2. The van der Waals surface area contributed by atoms with E-state index in [1.165, 1.54) is 11.8 Å². The molecule has 28 heavy (non-hydrogen) atoms. The molecular formula is C19H20N4O2S3. The van der Waals surface area contributed by atoms with E-state index < -0.39 is 0 Å². The standard InChI is InChI=1S/C19H20N4O2S3/c1-3-22-18(25)14(28-19(22)26)10-13-16(21-6-8-27-9-7-21)20-15-5-4-12(2)11-23(15)17(13)24/h4-5,10-11H,3,6-9H2,1-2H3/b14-10-. The van der Waals surface area contributed by atoms with E-state index in [1.54, 1.807) is 21.6 Å². The number of anilines is 1. The van der Waals surface area contributed by atoms with Crippen molar-refractivity contribution in [2.75, 3.05) is 36.0 Å². The Balaban J connectivity index is 1.91. The Morgan fingerprint density at radius 1 is 1.25 bits per heavy atom. The third-order valence-electron chi connectivity index (χ3n) is 4.76. The average molecular weight is 433 g/mol. The Morgan fingerprint density at radius 3 is 2.68 bits per heavy atom. The van der Waals surface area contributed by atoms with Crippen LogP contribution < -0.4 is 10.5 Å². The number of carbonyl (C=O) groups is 1. The van der Waals surface area contributed by atoms with Crippen LogP contribution in [0.25, 0.3) is 11.7 Å². The molecule has 2 aromatic rings. The largest absolute Gasteiger partial charge is 0.354 e. The topological polar surface area (TPSA) is 57.9 Å². The number of pyridine rings is 1. The molecule has 1 amide bonds. The first-order valence-electron chi connectivity index (χ1n) is 9.10. The maximum absolute atomic E-state index is 13.4. The summed E-state index contributed by atoms with van der Waals surface area (Å²) in [6.45, 7) is 6.01. The second-order valence-electron chi connectivity index (χ2n) is 6.61. The Morgan fingerprint density at radius 2 is 2.00 bits per heavy atom. The molecular weight excluding hydrogens is 412 g/mol. The molecule has 4 rings (SSSR count). The predicted molar refractivity (Wildman–Crippen MR) is 121 cm³/mol. The molecule has 0 bridgehead atoms. The number of fused-ring (bicyclic) bond motifs is 1. The van der Waals surface area contributed by atoms with E-state index in [4.69, 9.17) is 17.2 Å². The first-order valence-corrected chi connectivity index (χ1v) is 11.5. The predicted octanol–water partition coefficient (Wildman–Crippen LogP) is 2.78. The maximum atomic E-state index is 13.4. The van der Waals surface area contributed by atoms with Gasteiger partial charge in [-0.1, -0.05) is 30.0 Å². The highest BCUT2D eigenvalue weighted by molar-refractivity contribution is 8.26. The van der Waals surface area contributed by atoms with Crippen LogP contribution in [0, 0.1) is 6.92 Å². The molecule has 2 saturated heterocycles. The zero-order valence-corrected chi connectivity index (χ0v) is 18.1. The fraction of sp³-hybridized carbons (Fsp3) is 0.368. The van der Waals surface area contributed by atoms with Crippen molar-refractivity contribution in [3.8, 4) is 0 Å². The molecule has 0 radical (unpaired) electrons. The molecule has 9 heteroatoms. The van der Waals surface area contributed by atoms with Gasteiger partial charge < -0.3 is 4.90 Å². The number of hydrogen-bond acceptors (Lipinski definition) is 7. The number of thioether (sulfide) groups is 2. The molecule has 0 aromatic carbocycles. The molecule has 146 valence electrons. The number of rotatable bonds is 3. The van der Waals surface area contributed by atoms with Crippen LogP contribution in [0.2, 0.25) is 0 Å². The van der Waals surface area contributed by atoms with Crippen LogP contribution in [-0.2, 0) is 4.79 Å². The summed E-state index contributed by atoms with van der Waals surface area (Å²) >= 11 is 8.45. The number of thiocarbonyl (C=S) groups is 1. The number of likely N-dealkylation sites (N-methyl/N-ethyl adjacent to an activating group) is 1. The van der Waals surface area contributed by atoms with Crippen LogP contribution >= 0.6 is 35.7 Å². The minimum atomic E-state index is -0.163. The molecule has 2 aromatic heterocycles. The summed E-state index contributed by atoms with van der Waals surface area (Å²) in [7, 11) is 0. The lowest BCUT2D eigenvalue weighted by molar-refractivity contribution is -0.121. The SMILES string of the molecule is CCN1C(=O)/C(=C/c2c(N3CCSCC3)nc3ccc(C)cn3c2=O)SC1=S. The molecule has 0 spiro atoms. The Labute approximate surface area is 177 Å². The van der Waals surface area contributed by atoms with Gasteiger partial charge in [-0.25, -0.2) is 4.98 Å². The molecule has 4 heterocycles. The van der Waals surface area contributed by atoms with Gasteiger partial charge in [0.25, 0.3) is 11.5 Å². The van der Waals surface area contributed by atoms with Gasteiger partial charge in [-0.05, 0) is 31.6 Å². The molecule has 2 aliphatic rings. The molecule has 2 aliphatic heterocycles. The first-order chi connectivity index (χ1) is 13.5. The zero-order valence-electron chi connectivity index (χ0n) is 15.7. The van der Waals surface area contributed by atoms with Gasteiger partial charge in [-0.3, -0.25) is 18.9 Å². The van der Waals surface area contributed by atoms with Crippen molar-refractivity contribution in [3.05, 3.63) is 44.7 Å². The van der Waals surface area contributed by atoms with Gasteiger partial charge in [-0.15, -0.1) is 0 Å². The smallest absolute Gasteiger partial charge is 0.267 e. The summed E-state index contributed by atoms with van der Waals surface area (Å²) in [6, 6.07) is 3.81. The molecule has 0 N–H and O–H groups in total. The highest BCUT2D eigenvalue weighted by atomic mass is 32.2. The van der Waals surface area contributed by atoms with Crippen molar-refractivity contribution in [3.63, 3.8) is 0 Å². The van der Waals surface area contributed by atoms with E-state index in [2.05, 4.69) is 4.90 Å². The quantitative estimate of drug-likeness (QED) is 0.546. The second kappa shape index (κ2) is 7.88. The van der Waals surface area contributed by atoms with Gasteiger partial charge in [0.2, 0.25) is 0 Å². The van der Waals surface area contributed by atoms with Crippen molar-refractivity contribution < 1.29 is 4.79 Å². The highest BCUT2D eigenvalue weighted by Gasteiger charge is 2.32. The summed E-state index contributed by atoms with van der Waals surface area (Å²) in [4.78, 5) is 35.0. The third-order valence-corrected chi connectivity index (χ3v) is 7.08. The van der Waals surface area contributed by atoms with Crippen LogP contribution in [-0.4, -0.2) is 55.7 Å². The number of aryl methyl sites for hydroxylation is 1. The van der Waals surface area contributed by atoms with E-state index in [-0.39, 0.29) is 11.5 Å². The number of hydrogen-bond donors (Lipinski definition) is 0. The zero-order chi connectivity index (χ0) is 19.8. The van der Waals surface area contributed by atoms with Crippen molar-refractivity contribution in [2.24, 2.45) is 0 Å². The molecule has 0 unspecified atom stereocenters. The molecule has 0 atom stereocenters. The molecule has 0 saturated carbocycles. The summed E-state index contributed by atoms with van der Waals surface area (Å²) in [5, 5.41) is 0. The Kier molecular flexibility index (Phi) is 5.48. The van der Waals surface area contributed by atoms with Crippen LogP contribution in [0.4, 0.5) is 5.82 Å². The van der Waals surface area contributed by atoms with Gasteiger partial charge in [0, 0.05) is 37.3 Å². The van der Waals surface area contributed by atoms with Gasteiger partial charge in [0.1, 0.15) is 15.8 Å². The van der Waals surface area contributed by atoms with Gasteiger partial charge in [0.15, 0.2) is 0 Å². The van der Waals surface area contributed by atoms with E-state index in [0.29, 0.717) is 32.8 Å². The van der Waals surface area contributed by atoms with Gasteiger partial charge in [0.05, 0.1) is 10.5 Å². The van der Waals surface area contributed by atoms with Crippen LogP contribution in [0.1, 0.15) is 18.1 Å². The second-order valence-corrected chi connectivity index (χ2v) is 9.51. The summed E-state index contributed by atoms with van der Waals surface area (Å²) < 4.78 is 2.09. The highest BCUT2D eigenvalue weighted by Crippen LogP contribution is 2.33. The van der Waals surface area contributed by atoms with E-state index in [0.717, 1.165) is 30.2 Å². The van der Waals surface area contributed by atoms with E-state index >= 15 is 0 Å². The van der Waals surface area contributed by atoms with Crippen LogP contribution in [0.15, 0.2) is 28.0 Å². The minimum absolute atomic E-state index is 0.147. The monoisotopic (exact) mass is 432 g/mol. The Hall–Kier alpha value is -1.84. The van der Waals surface area contributed by atoms with E-state index in [9.17, 15) is 9.59 Å². The number of amides is 1. The van der Waals surface area contributed by atoms with Crippen molar-refractivity contribution >= 4 is 63.5 Å². The molecule has 2 fully saturated rings. The fourth-order valence-electron chi connectivity index (χ4n) is 3.29. The normalized spacial score (nSPS) is 19.3. The summed E-state index contributed by atoms with van der Waals surface area (Å²) in [5.74, 6) is 2.49. The molecule has 0 aliphatic carbocycles. The minimum Gasteiger partial charge on any atom is -0.354 e. The number of aromatic nitrogens is 2. The first kappa shape index (κ1) is 19.5. The van der Waals surface area contributed by atoms with Crippen molar-refractivity contribution in [2.45, 2.75) is 13.8 Å². The fourth-order valence-corrected chi connectivity index (χ4v) is 5.56. The number of nitrogens with zero attached hydrogens (tertiary/aromatic N) is 4. The van der Waals surface area contributed by atoms with Crippen LogP contribution in [0.5, 0.6) is 0 Å². The molecule has 6 nitrogen and oxygen atoms in total. The summed E-state index contributed by atoms with van der Waals surface area (Å²) in [5.41, 5.74) is 1.87. The lowest BCUT2D eigenvalue weighted by Crippen LogP contribution is -2.36. The third kappa shape index (κ3) is 3.46. The van der Waals surface area contributed by atoms with E-state index in [1.807, 2.05) is 37.7 Å². The maximum Gasteiger partial charge on any atom is 0.267 e. The van der Waals surface area contributed by atoms with Gasteiger partial charge >= 0.3 is 0 Å². The van der Waals surface area contributed by atoms with Crippen molar-refractivity contribution in [1.29, 1.82) is 0 Å². The Bertz CT molecular complexity index is 1060. The lowest BCUT2D eigenvalue weighted by Gasteiger charge is -2.28.